The van der Waals surface area contributed by atoms with Crippen LogP contribution in [0.3, 0.4) is 0 Å². The standard InChI is InChI=1S/C45H72N6O13S/c1-31(2)43(59)50-37(29-65-30-39(54)49-36(33(4)52)26-34-16-18-35(19-17-34)64-28-41(57)58)44(60)51-42(32(3)14-13-20-46)45(61)48-22-23-62-24-25-63-27-38(53)47-21-12-10-8-6-5-7-9-11-15-40(55)56/h16-19,31,36-37,42H,3,5-15,20-30,46H2,1-2,4H3,(H,47,53)(H,48,61)(H,49,54)(H,50,59)(H,51,60)(H,55,56)(H,57,58)/t36-,37-,42-/m0/s1. The number of hydrogen-bond donors (Lipinski definition) is 8. The summed E-state index contributed by atoms with van der Waals surface area (Å²) < 4.78 is 16.1. The van der Waals surface area contributed by atoms with Crippen molar-refractivity contribution in [3.63, 3.8) is 0 Å². The summed E-state index contributed by atoms with van der Waals surface area (Å²) in [5.41, 5.74) is 6.79. The Labute approximate surface area is 386 Å². The minimum Gasteiger partial charge on any atom is -0.482 e. The number of carboxylic acid groups (broad SMARTS) is 2. The lowest BCUT2D eigenvalue weighted by molar-refractivity contribution is -0.139. The molecular weight excluding hydrogens is 865 g/mol. The number of ketones is 1. The molecule has 65 heavy (non-hydrogen) atoms. The molecule has 0 bridgehead atoms. The van der Waals surface area contributed by atoms with Crippen LogP contribution in [0, 0.1) is 5.92 Å². The topological polar surface area (TPSA) is 291 Å². The van der Waals surface area contributed by atoms with Gasteiger partial charge in [0.1, 0.15) is 24.4 Å². The lowest BCUT2D eigenvalue weighted by Gasteiger charge is -2.25. The number of aliphatic carboxylic acids is 2. The third-order valence-electron chi connectivity index (χ3n) is 9.68. The lowest BCUT2D eigenvalue weighted by Crippen LogP contribution is -2.55. The average Bonchev–Trinajstić information content (AvgIpc) is 3.26. The highest BCUT2D eigenvalue weighted by atomic mass is 32.2. The predicted molar refractivity (Wildman–Crippen MR) is 246 cm³/mol. The molecule has 19 nitrogen and oxygen atoms in total. The fourth-order valence-corrected chi connectivity index (χ4v) is 6.83. The number of nitrogens with one attached hydrogen (secondary N) is 5. The molecule has 1 aromatic rings. The smallest absolute Gasteiger partial charge is 0.341 e. The zero-order valence-electron chi connectivity index (χ0n) is 38.3. The molecule has 0 unspecified atom stereocenters. The molecule has 0 spiro atoms. The van der Waals surface area contributed by atoms with Crippen molar-refractivity contribution in [2.45, 2.75) is 116 Å². The van der Waals surface area contributed by atoms with E-state index in [-0.39, 0.29) is 69.0 Å². The van der Waals surface area contributed by atoms with Gasteiger partial charge in [-0.25, -0.2) is 4.79 Å². The van der Waals surface area contributed by atoms with Gasteiger partial charge in [0.15, 0.2) is 12.4 Å². The molecule has 0 heterocycles. The normalized spacial score (nSPS) is 12.3. The first-order valence-electron chi connectivity index (χ1n) is 22.2. The van der Waals surface area contributed by atoms with E-state index in [1.807, 2.05) is 0 Å². The van der Waals surface area contributed by atoms with Crippen molar-refractivity contribution in [2.75, 3.05) is 64.2 Å². The number of carbonyl (C=O) groups excluding carboxylic acids is 6. The van der Waals surface area contributed by atoms with Crippen LogP contribution in [0.2, 0.25) is 0 Å². The van der Waals surface area contributed by atoms with Crippen LogP contribution in [-0.2, 0) is 54.3 Å². The highest BCUT2D eigenvalue weighted by Crippen LogP contribution is 2.15. The van der Waals surface area contributed by atoms with E-state index in [0.717, 1.165) is 63.1 Å². The monoisotopic (exact) mass is 936 g/mol. The van der Waals surface area contributed by atoms with E-state index in [9.17, 15) is 38.4 Å². The first kappa shape index (κ1) is 58.0. The fraction of sp³-hybridized carbons (Fsp3) is 0.644. The number of Topliss-reactive ketones (excluding diaryl/α,β-unsaturated/α-hetero) is 1. The summed E-state index contributed by atoms with van der Waals surface area (Å²) in [6.07, 6.45) is 9.02. The van der Waals surface area contributed by atoms with Crippen molar-refractivity contribution in [3.05, 3.63) is 42.0 Å². The number of benzene rings is 1. The largest absolute Gasteiger partial charge is 0.482 e. The summed E-state index contributed by atoms with van der Waals surface area (Å²) in [5.74, 6) is -4.83. The van der Waals surface area contributed by atoms with E-state index in [1.54, 1.807) is 38.1 Å². The second kappa shape index (κ2) is 35.2. The SMILES string of the molecule is C=C(CCCN)[C@H](NC(=O)[C@H](CSCC(=O)N[C@@H](Cc1ccc(OCC(=O)O)cc1)C(C)=O)NC(=O)C(C)C)C(=O)NCCOCCOCC(=O)NCCCCCCCCCCC(=O)O. The third-order valence-corrected chi connectivity index (χ3v) is 10.7. The van der Waals surface area contributed by atoms with Crippen molar-refractivity contribution >= 4 is 59.0 Å². The molecule has 0 aliphatic carbocycles. The molecule has 0 radical (unpaired) electrons. The molecule has 0 saturated heterocycles. The molecular formula is C45H72N6O13S. The first-order chi connectivity index (χ1) is 31.0. The van der Waals surface area contributed by atoms with Crippen LogP contribution in [0.5, 0.6) is 5.75 Å². The van der Waals surface area contributed by atoms with Gasteiger partial charge in [0, 0.05) is 31.2 Å². The van der Waals surface area contributed by atoms with E-state index in [1.165, 1.54) is 6.92 Å². The molecule has 0 saturated carbocycles. The highest BCUT2D eigenvalue weighted by Gasteiger charge is 2.29. The summed E-state index contributed by atoms with van der Waals surface area (Å²) in [6.45, 7) is 9.48. The zero-order chi connectivity index (χ0) is 48.4. The molecule has 1 rings (SSSR count). The molecule has 0 aliphatic heterocycles. The van der Waals surface area contributed by atoms with Gasteiger partial charge in [-0.3, -0.25) is 33.6 Å². The van der Waals surface area contributed by atoms with Crippen molar-refractivity contribution in [1.82, 2.24) is 26.6 Å². The first-order valence-corrected chi connectivity index (χ1v) is 23.4. The predicted octanol–water partition coefficient (Wildman–Crippen LogP) is 2.28. The Morgan fingerprint density at radius 2 is 1.32 bits per heavy atom. The Morgan fingerprint density at radius 3 is 1.94 bits per heavy atom. The van der Waals surface area contributed by atoms with Gasteiger partial charge in [-0.1, -0.05) is 71.1 Å². The maximum absolute atomic E-state index is 13.7. The summed E-state index contributed by atoms with van der Waals surface area (Å²) in [7, 11) is 0. The Morgan fingerprint density at radius 1 is 0.677 bits per heavy atom. The Kier molecular flexibility index (Phi) is 31.4. The Hall–Kier alpha value is -5.05. The number of carbonyl (C=O) groups is 8. The zero-order valence-corrected chi connectivity index (χ0v) is 39.1. The number of carboxylic acids is 2. The molecule has 1 aromatic carbocycles. The maximum Gasteiger partial charge on any atom is 0.341 e. The fourth-order valence-electron chi connectivity index (χ4n) is 5.97. The van der Waals surface area contributed by atoms with Crippen LogP contribution in [0.1, 0.15) is 97.0 Å². The lowest BCUT2D eigenvalue weighted by atomic mass is 10.0. The highest BCUT2D eigenvalue weighted by molar-refractivity contribution is 8.00. The molecule has 366 valence electrons. The molecule has 0 fully saturated rings. The van der Waals surface area contributed by atoms with Gasteiger partial charge in [-0.15, -0.1) is 11.8 Å². The van der Waals surface area contributed by atoms with Crippen LogP contribution in [-0.4, -0.2) is 140 Å². The molecule has 0 aliphatic rings. The second-order valence-corrected chi connectivity index (χ2v) is 16.8. The van der Waals surface area contributed by atoms with E-state index in [0.29, 0.717) is 42.8 Å². The van der Waals surface area contributed by atoms with Gasteiger partial charge in [-0.05, 0) is 68.8 Å². The minimum atomic E-state index is -1.17. The number of amides is 5. The van der Waals surface area contributed by atoms with Crippen molar-refractivity contribution in [2.24, 2.45) is 11.7 Å². The number of thioether (sulfide) groups is 1. The van der Waals surface area contributed by atoms with Crippen LogP contribution in [0.15, 0.2) is 36.4 Å². The number of unbranched alkanes of at least 4 members (excludes halogenated alkanes) is 7. The summed E-state index contributed by atoms with van der Waals surface area (Å²) >= 11 is 1.05. The minimum absolute atomic E-state index is 0.0393. The number of rotatable bonds is 39. The van der Waals surface area contributed by atoms with E-state index >= 15 is 0 Å². The third kappa shape index (κ3) is 29.2. The van der Waals surface area contributed by atoms with E-state index in [2.05, 4.69) is 33.2 Å². The molecule has 9 N–H and O–H groups in total. The summed E-state index contributed by atoms with van der Waals surface area (Å²) in [6, 6.07) is 3.29. The van der Waals surface area contributed by atoms with Gasteiger partial charge in [0.05, 0.1) is 31.6 Å². The van der Waals surface area contributed by atoms with Crippen molar-refractivity contribution in [1.29, 1.82) is 0 Å². The van der Waals surface area contributed by atoms with Gasteiger partial charge < -0.3 is 56.7 Å². The van der Waals surface area contributed by atoms with Gasteiger partial charge in [-0.2, -0.15) is 0 Å². The van der Waals surface area contributed by atoms with Crippen molar-refractivity contribution in [3.8, 4) is 5.75 Å². The van der Waals surface area contributed by atoms with Crippen molar-refractivity contribution < 1.29 is 62.8 Å². The number of ether oxygens (including phenoxy) is 3. The van der Waals surface area contributed by atoms with Gasteiger partial charge in [0.25, 0.3) is 0 Å². The second-order valence-electron chi connectivity index (χ2n) is 15.8. The Balaban J connectivity index is 2.58. The maximum atomic E-state index is 13.7. The Bertz CT molecular complexity index is 1650. The molecule has 3 atom stereocenters. The van der Waals surface area contributed by atoms with Gasteiger partial charge >= 0.3 is 11.9 Å². The average molecular weight is 937 g/mol. The summed E-state index contributed by atoms with van der Waals surface area (Å²) in [5, 5.41) is 31.1. The van der Waals surface area contributed by atoms with E-state index < -0.39 is 66.2 Å². The van der Waals surface area contributed by atoms with Crippen LogP contribution >= 0.6 is 11.8 Å². The van der Waals surface area contributed by atoms with Crippen LogP contribution in [0.25, 0.3) is 0 Å². The molecule has 0 aromatic heterocycles. The van der Waals surface area contributed by atoms with Gasteiger partial charge in [0.2, 0.25) is 29.5 Å². The molecule has 5 amide bonds. The quantitative estimate of drug-likeness (QED) is 0.0347. The number of nitrogens with two attached hydrogens (primary N) is 1. The van der Waals surface area contributed by atoms with Crippen LogP contribution < -0.4 is 37.1 Å². The van der Waals surface area contributed by atoms with E-state index in [4.69, 9.17) is 30.2 Å². The summed E-state index contributed by atoms with van der Waals surface area (Å²) in [4.78, 5) is 98.5. The molecule has 20 heteroatoms. The number of hydrogen-bond acceptors (Lipinski definition) is 13. The van der Waals surface area contributed by atoms with Crippen LogP contribution in [0.4, 0.5) is 0 Å².